The third-order valence-electron chi connectivity index (χ3n) is 10.7. The first kappa shape index (κ1) is 34.6. The summed E-state index contributed by atoms with van der Waals surface area (Å²) in [7, 11) is 3.54. The van der Waals surface area contributed by atoms with E-state index in [9.17, 15) is 24.6 Å². The van der Waals surface area contributed by atoms with Crippen molar-refractivity contribution in [3.8, 4) is 11.1 Å². The second-order valence-corrected chi connectivity index (χ2v) is 14.2. The zero-order chi connectivity index (χ0) is 37.0. The number of hydrogen-bond acceptors (Lipinski definition) is 12. The maximum atomic E-state index is 13.0. The van der Waals surface area contributed by atoms with E-state index in [1.54, 1.807) is 23.1 Å². The summed E-state index contributed by atoms with van der Waals surface area (Å²) in [5.74, 6) is -2.87. The zero-order valence-electron chi connectivity index (χ0n) is 29.9. The Bertz CT molecular complexity index is 2080. The number of aromatic nitrogens is 5. The molecule has 3 aromatic heterocycles. The molecule has 53 heavy (non-hydrogen) atoms. The van der Waals surface area contributed by atoms with Crippen LogP contribution in [-0.4, -0.2) is 103 Å². The Hall–Kier alpha value is -5.45. The van der Waals surface area contributed by atoms with Crippen molar-refractivity contribution >= 4 is 40.6 Å². The monoisotopic (exact) mass is 721 g/mol. The van der Waals surface area contributed by atoms with Crippen molar-refractivity contribution < 1.29 is 24.6 Å². The van der Waals surface area contributed by atoms with Crippen LogP contribution in [0.25, 0.3) is 11.1 Å². The Labute approximate surface area is 306 Å². The number of benzene rings is 1. The van der Waals surface area contributed by atoms with Gasteiger partial charge in [0.25, 0.3) is 17.7 Å². The van der Waals surface area contributed by atoms with Gasteiger partial charge in [0.05, 0.1) is 41.0 Å². The van der Waals surface area contributed by atoms with Crippen LogP contribution < -0.4 is 20.9 Å². The number of anilines is 4. The van der Waals surface area contributed by atoms with Crippen molar-refractivity contribution in [1.82, 2.24) is 40.1 Å². The van der Waals surface area contributed by atoms with Crippen LogP contribution in [0.3, 0.4) is 0 Å². The number of aliphatic hydroxyl groups is 2. The van der Waals surface area contributed by atoms with Gasteiger partial charge in [-0.25, -0.2) is 9.88 Å². The molecule has 0 spiro atoms. The molecule has 16 heteroatoms. The van der Waals surface area contributed by atoms with E-state index in [-0.39, 0.29) is 52.7 Å². The Balaban J connectivity index is 1.06. The van der Waals surface area contributed by atoms with Gasteiger partial charge in [-0.2, -0.15) is 5.10 Å². The van der Waals surface area contributed by atoms with Crippen LogP contribution in [0.4, 0.5) is 22.9 Å². The molecule has 3 amide bonds. The van der Waals surface area contributed by atoms with Crippen molar-refractivity contribution in [2.75, 3.05) is 55.8 Å². The standard InChI is InChI=1S/C37H43N11O5/c1-4-28-33-24(18-39-48(33)22-19-47(20-22)37(52,53)29-12-8-11-26(41-29)36(51)46-15-5-6-16-46)23-9-7-10-25(32(23)45(28)3)40-27-17-30(42-34(49)21-13-14-21)43-44-31(27)35(50)38-2/h7-12,17-18,21-22,28,52-53H,4-6,13-16,19-20H2,1-3H3,(H,38,50)(H2,40,42,43,49)/t28-/m0/s1. The smallest absolute Gasteiger partial charge is 0.273 e. The maximum absolute atomic E-state index is 13.0. The normalized spacial score (nSPS) is 18.6. The molecular weight excluding hydrogens is 678 g/mol. The van der Waals surface area contributed by atoms with Crippen LogP contribution in [0.5, 0.6) is 0 Å². The number of rotatable bonds is 10. The summed E-state index contributed by atoms with van der Waals surface area (Å²) in [6.45, 7) is 4.07. The highest BCUT2D eigenvalue weighted by Gasteiger charge is 2.46. The molecule has 6 heterocycles. The van der Waals surface area contributed by atoms with Gasteiger partial charge in [0, 0.05) is 63.4 Å². The molecule has 1 aliphatic carbocycles. The molecule has 276 valence electrons. The van der Waals surface area contributed by atoms with Crippen molar-refractivity contribution in [3.63, 3.8) is 0 Å². The van der Waals surface area contributed by atoms with Crippen LogP contribution >= 0.6 is 0 Å². The number of nitrogens with zero attached hydrogens (tertiary/aromatic N) is 8. The number of fused-ring (bicyclic) bond motifs is 3. The lowest BCUT2D eigenvalue weighted by Crippen LogP contribution is -2.59. The van der Waals surface area contributed by atoms with Crippen molar-refractivity contribution in [2.45, 2.75) is 57.0 Å². The van der Waals surface area contributed by atoms with Crippen LogP contribution in [0.15, 0.2) is 48.7 Å². The van der Waals surface area contributed by atoms with E-state index in [1.807, 2.05) is 36.1 Å². The summed E-state index contributed by atoms with van der Waals surface area (Å²) in [6, 6.07) is 12.1. The molecule has 1 aromatic carbocycles. The Morgan fingerprint density at radius 1 is 0.981 bits per heavy atom. The molecule has 5 N–H and O–H groups in total. The molecule has 8 rings (SSSR count). The molecule has 3 fully saturated rings. The number of likely N-dealkylation sites (tertiary alicyclic amines) is 2. The fraction of sp³-hybridized carbons (Fsp3) is 0.432. The van der Waals surface area contributed by atoms with E-state index in [0.717, 1.165) is 60.3 Å². The first-order valence-corrected chi connectivity index (χ1v) is 18.2. The molecule has 3 aliphatic heterocycles. The summed E-state index contributed by atoms with van der Waals surface area (Å²) in [5, 5.41) is 44.6. The van der Waals surface area contributed by atoms with Crippen molar-refractivity contribution in [2.24, 2.45) is 5.92 Å². The molecule has 0 unspecified atom stereocenters. The lowest BCUT2D eigenvalue weighted by Gasteiger charge is -2.47. The van der Waals surface area contributed by atoms with Gasteiger partial charge in [-0.15, -0.1) is 10.2 Å². The van der Waals surface area contributed by atoms with Gasteiger partial charge in [0.2, 0.25) is 5.91 Å². The predicted molar refractivity (Wildman–Crippen MR) is 195 cm³/mol. The molecule has 1 atom stereocenters. The van der Waals surface area contributed by atoms with Crippen molar-refractivity contribution in [3.05, 3.63) is 71.4 Å². The highest BCUT2D eigenvalue weighted by molar-refractivity contribution is 6.01. The minimum atomic E-state index is -2.37. The van der Waals surface area contributed by atoms with E-state index in [4.69, 9.17) is 5.10 Å². The number of amides is 3. The number of para-hydroxylation sites is 1. The maximum Gasteiger partial charge on any atom is 0.273 e. The molecule has 2 saturated heterocycles. The number of carbonyl (C=O) groups is 3. The van der Waals surface area contributed by atoms with E-state index in [1.165, 1.54) is 18.0 Å². The van der Waals surface area contributed by atoms with Gasteiger partial charge in [-0.3, -0.25) is 19.1 Å². The molecular formula is C37H43N11O5. The van der Waals surface area contributed by atoms with Gasteiger partial charge in [-0.1, -0.05) is 25.1 Å². The van der Waals surface area contributed by atoms with Gasteiger partial charge in [-0.05, 0) is 50.3 Å². The van der Waals surface area contributed by atoms with E-state index in [2.05, 4.69) is 43.0 Å². The Morgan fingerprint density at radius 2 is 1.74 bits per heavy atom. The van der Waals surface area contributed by atoms with Crippen LogP contribution in [0, 0.1) is 5.92 Å². The second kappa shape index (κ2) is 13.5. The Kier molecular flexibility index (Phi) is 8.83. The number of hydrogen-bond donors (Lipinski definition) is 5. The number of pyridine rings is 1. The fourth-order valence-corrected chi connectivity index (χ4v) is 7.65. The Morgan fingerprint density at radius 3 is 2.45 bits per heavy atom. The first-order valence-electron chi connectivity index (χ1n) is 18.2. The molecule has 1 saturated carbocycles. The highest BCUT2D eigenvalue weighted by atomic mass is 16.5. The average Bonchev–Trinajstić information content (AvgIpc) is 3.69. The molecule has 4 aliphatic rings. The third kappa shape index (κ3) is 6.15. The SMILES string of the molecule is CC[C@H]1c2c(cnn2C2CN(C(O)(O)c3cccc(C(=O)N4CCCC4)n3)C2)-c2cccc(Nc3cc(NC(=O)C4CC4)nnc3C(=O)NC)c2N1C. The quantitative estimate of drug-likeness (QED) is 0.151. The summed E-state index contributed by atoms with van der Waals surface area (Å²) >= 11 is 0. The largest absolute Gasteiger partial charge is 0.364 e. The third-order valence-corrected chi connectivity index (χ3v) is 10.7. The van der Waals surface area contributed by atoms with E-state index >= 15 is 0 Å². The number of carbonyl (C=O) groups excluding carboxylic acids is 3. The number of nitrogens with one attached hydrogen (secondary N) is 3. The van der Waals surface area contributed by atoms with Gasteiger partial charge in [0.1, 0.15) is 11.4 Å². The van der Waals surface area contributed by atoms with Crippen LogP contribution in [-0.2, 0) is 10.7 Å². The molecule has 16 nitrogen and oxygen atoms in total. The summed E-state index contributed by atoms with van der Waals surface area (Å²) in [6.07, 6.45) is 6.20. The van der Waals surface area contributed by atoms with Crippen LogP contribution in [0.1, 0.15) is 83.5 Å². The summed E-state index contributed by atoms with van der Waals surface area (Å²) in [5.41, 5.74) is 5.24. The average molecular weight is 722 g/mol. The van der Waals surface area contributed by atoms with E-state index < -0.39 is 11.8 Å². The molecule has 0 bridgehead atoms. The fourth-order valence-electron chi connectivity index (χ4n) is 7.65. The second-order valence-electron chi connectivity index (χ2n) is 14.2. The van der Waals surface area contributed by atoms with Gasteiger partial charge < -0.3 is 36.0 Å². The van der Waals surface area contributed by atoms with E-state index in [0.29, 0.717) is 31.9 Å². The molecule has 4 aromatic rings. The lowest BCUT2D eigenvalue weighted by atomic mass is 9.91. The zero-order valence-corrected chi connectivity index (χ0v) is 29.9. The molecule has 0 radical (unpaired) electrons. The van der Waals surface area contributed by atoms with Gasteiger partial charge in [0.15, 0.2) is 11.5 Å². The van der Waals surface area contributed by atoms with Crippen LogP contribution in [0.2, 0.25) is 0 Å². The minimum Gasteiger partial charge on any atom is -0.364 e. The summed E-state index contributed by atoms with van der Waals surface area (Å²) < 4.78 is 1.99. The topological polar surface area (TPSA) is 194 Å². The highest BCUT2D eigenvalue weighted by Crippen LogP contribution is 2.50. The summed E-state index contributed by atoms with van der Waals surface area (Å²) in [4.78, 5) is 48.1. The first-order chi connectivity index (χ1) is 25.6. The van der Waals surface area contributed by atoms with Gasteiger partial charge >= 0.3 is 0 Å². The predicted octanol–water partition coefficient (Wildman–Crippen LogP) is 2.98. The van der Waals surface area contributed by atoms with Crippen molar-refractivity contribution in [1.29, 1.82) is 0 Å². The minimum absolute atomic E-state index is 0.00463. The lowest BCUT2D eigenvalue weighted by molar-refractivity contribution is -0.302.